The Morgan fingerprint density at radius 2 is 1.46 bits per heavy atom. The van der Waals surface area contributed by atoms with Crippen LogP contribution in [0.5, 0.6) is 0 Å². The molecule has 0 spiro atoms. The third-order valence-electron chi connectivity index (χ3n) is 4.61. The van der Waals surface area contributed by atoms with Crippen LogP contribution in [0.1, 0.15) is 89.0 Å². The second-order valence-electron chi connectivity index (χ2n) is 6.81. The summed E-state index contributed by atoms with van der Waals surface area (Å²) in [7, 11) is 0. The number of nitrogens with zero attached hydrogens (tertiary/aromatic N) is 1. The molecule has 1 amide bonds. The lowest BCUT2D eigenvalue weighted by Crippen LogP contribution is -2.52. The maximum Gasteiger partial charge on any atom is 0.230 e. The van der Waals surface area contributed by atoms with Crippen LogP contribution in [0, 0.1) is 0 Å². The maximum atomic E-state index is 12.0. The van der Waals surface area contributed by atoms with Crippen LogP contribution in [0.15, 0.2) is 109 Å². The highest BCUT2D eigenvalue weighted by Crippen LogP contribution is 2.31. The topological polar surface area (TPSA) is 40.5 Å². The molecule has 37 heavy (non-hydrogen) atoms. The molecule has 0 radical (unpaired) electrons. The van der Waals surface area contributed by atoms with Crippen molar-refractivity contribution >= 4 is 5.91 Å². The Bertz CT molecular complexity index is 789. The predicted molar refractivity (Wildman–Crippen MR) is 169 cm³/mol. The molecule has 1 rings (SSSR count). The van der Waals surface area contributed by atoms with Crippen LogP contribution < -0.4 is 0 Å². The summed E-state index contributed by atoms with van der Waals surface area (Å²) < 4.78 is 0. The van der Waals surface area contributed by atoms with Gasteiger partial charge in [-0.15, -0.1) is 0 Å². The molecule has 3 heteroatoms. The van der Waals surface area contributed by atoms with E-state index in [2.05, 4.69) is 13.2 Å². The van der Waals surface area contributed by atoms with Crippen molar-refractivity contribution in [2.75, 3.05) is 0 Å². The molecule has 1 aliphatic heterocycles. The first kappa shape index (κ1) is 41.2. The Kier molecular flexibility index (Phi) is 34.7. The SMILES string of the molecule is C=C/C=C(\C=C/C)C1CC(=O)N1C(/C=C\C)=C/C=C\C.C=C/C=C\C(=C/C)C(O)CC.CC.CC.CC. The van der Waals surface area contributed by atoms with E-state index in [4.69, 9.17) is 0 Å². The van der Waals surface area contributed by atoms with Gasteiger partial charge in [0.05, 0.1) is 18.6 Å². The zero-order valence-corrected chi connectivity index (χ0v) is 25.8. The second-order valence-corrected chi connectivity index (χ2v) is 6.81. The van der Waals surface area contributed by atoms with Crippen molar-refractivity contribution in [2.45, 2.75) is 101 Å². The van der Waals surface area contributed by atoms with Gasteiger partial charge in [0.2, 0.25) is 5.91 Å². The number of β-lactam (4-membered cyclic amide) rings is 1. The standard InChI is InChI=1S/C18H23NO.C10H16O.3C2H6/c1-5-9-13-16(12-8-4)19-17(14-18(19)20)15(10-6-2)11-7-3;1-4-7-8-9(5-2)10(11)6-3;3*1-2/h5-13,17H,2,14H2,1,3-4H3;4-5,7-8,10-11H,1,6H2,2-3H3;3*1-2H3/b9-5-,11-7-,12-8-,15-10+,16-13+;8-7-,9-5+;;;. The van der Waals surface area contributed by atoms with Crippen LogP contribution in [0.25, 0.3) is 0 Å². The number of likely N-dealkylation sites (tertiary alicyclic amines) is 1. The summed E-state index contributed by atoms with van der Waals surface area (Å²) in [5.41, 5.74) is 2.98. The van der Waals surface area contributed by atoms with Gasteiger partial charge >= 0.3 is 0 Å². The van der Waals surface area contributed by atoms with Crippen molar-refractivity contribution in [3.8, 4) is 0 Å². The number of amides is 1. The van der Waals surface area contributed by atoms with Crippen molar-refractivity contribution in [3.63, 3.8) is 0 Å². The van der Waals surface area contributed by atoms with Crippen LogP contribution in [-0.4, -0.2) is 28.1 Å². The molecule has 1 saturated heterocycles. The Morgan fingerprint density at radius 1 is 0.892 bits per heavy atom. The second kappa shape index (κ2) is 31.1. The van der Waals surface area contributed by atoms with E-state index in [1.54, 1.807) is 12.2 Å². The van der Waals surface area contributed by atoms with Gasteiger partial charge in [0.25, 0.3) is 0 Å². The third-order valence-corrected chi connectivity index (χ3v) is 4.61. The zero-order valence-electron chi connectivity index (χ0n) is 25.8. The molecule has 0 aromatic carbocycles. The normalized spacial score (nSPS) is 16.5. The average Bonchev–Trinajstić information content (AvgIpc) is 2.94. The molecule has 2 atom stereocenters. The molecule has 210 valence electrons. The highest BCUT2D eigenvalue weighted by atomic mass is 16.3. The monoisotopic (exact) mass is 511 g/mol. The number of hydrogen-bond acceptors (Lipinski definition) is 2. The van der Waals surface area contributed by atoms with Gasteiger partial charge in [-0.2, -0.15) is 0 Å². The minimum absolute atomic E-state index is 0.101. The van der Waals surface area contributed by atoms with Gasteiger partial charge in [-0.3, -0.25) is 4.79 Å². The van der Waals surface area contributed by atoms with Crippen LogP contribution in [0.3, 0.4) is 0 Å². The summed E-state index contributed by atoms with van der Waals surface area (Å²) in [6, 6.07) is 0.101. The highest BCUT2D eigenvalue weighted by Gasteiger charge is 2.38. The number of rotatable bonds is 10. The number of aliphatic hydroxyl groups is 1. The molecule has 0 aromatic rings. The van der Waals surface area contributed by atoms with E-state index in [9.17, 15) is 9.90 Å². The molecule has 0 aromatic heterocycles. The average molecular weight is 512 g/mol. The van der Waals surface area contributed by atoms with Crippen LogP contribution in [0.4, 0.5) is 0 Å². The number of allylic oxidation sites excluding steroid dienone is 11. The lowest BCUT2D eigenvalue weighted by atomic mass is 9.91. The lowest BCUT2D eigenvalue weighted by Gasteiger charge is -2.42. The fraction of sp³-hybridized carbons (Fsp3) is 0.441. The van der Waals surface area contributed by atoms with Crippen LogP contribution >= 0.6 is 0 Å². The molecule has 1 fully saturated rings. The first-order chi connectivity index (χ1) is 17.9. The minimum Gasteiger partial charge on any atom is -0.388 e. The van der Waals surface area contributed by atoms with E-state index >= 15 is 0 Å². The molecule has 2 unspecified atom stereocenters. The van der Waals surface area contributed by atoms with Crippen molar-refractivity contribution in [2.24, 2.45) is 0 Å². The first-order valence-electron chi connectivity index (χ1n) is 13.8. The van der Waals surface area contributed by atoms with E-state index in [1.807, 2.05) is 148 Å². The van der Waals surface area contributed by atoms with Gasteiger partial charge in [0.15, 0.2) is 0 Å². The molecule has 0 aliphatic carbocycles. The van der Waals surface area contributed by atoms with E-state index < -0.39 is 0 Å². The molecular formula is C34H57NO2. The van der Waals surface area contributed by atoms with E-state index in [-0.39, 0.29) is 18.1 Å². The molecular weight excluding hydrogens is 454 g/mol. The van der Waals surface area contributed by atoms with Crippen LogP contribution in [-0.2, 0) is 4.79 Å². The van der Waals surface area contributed by atoms with Crippen molar-refractivity contribution in [3.05, 3.63) is 109 Å². The smallest absolute Gasteiger partial charge is 0.230 e. The van der Waals surface area contributed by atoms with Gasteiger partial charge in [-0.05, 0) is 57.4 Å². The minimum atomic E-state index is -0.337. The van der Waals surface area contributed by atoms with Crippen molar-refractivity contribution in [1.82, 2.24) is 4.90 Å². The Labute approximate surface area is 230 Å². The zero-order chi connectivity index (χ0) is 29.6. The summed E-state index contributed by atoms with van der Waals surface area (Å²) in [5.74, 6) is 0.156. The fourth-order valence-electron chi connectivity index (χ4n) is 3.01. The number of carbonyl (C=O) groups is 1. The van der Waals surface area contributed by atoms with Gasteiger partial charge in [-0.25, -0.2) is 0 Å². The fourth-order valence-corrected chi connectivity index (χ4v) is 3.01. The first-order valence-corrected chi connectivity index (χ1v) is 13.8. The van der Waals surface area contributed by atoms with E-state index in [1.165, 1.54) is 0 Å². The molecule has 0 saturated carbocycles. The van der Waals surface area contributed by atoms with E-state index in [0.717, 1.165) is 23.3 Å². The summed E-state index contributed by atoms with van der Waals surface area (Å²) in [6.07, 6.45) is 25.8. The summed E-state index contributed by atoms with van der Waals surface area (Å²) in [5, 5.41) is 9.39. The van der Waals surface area contributed by atoms with Crippen molar-refractivity contribution in [1.29, 1.82) is 0 Å². The van der Waals surface area contributed by atoms with Crippen LogP contribution in [0.2, 0.25) is 0 Å². The predicted octanol–water partition coefficient (Wildman–Crippen LogP) is 9.84. The number of hydrogen-bond donors (Lipinski definition) is 1. The number of carbonyl (C=O) groups excluding carboxylic acids is 1. The van der Waals surface area contributed by atoms with Crippen molar-refractivity contribution < 1.29 is 9.90 Å². The molecule has 0 bridgehead atoms. The van der Waals surface area contributed by atoms with Gasteiger partial charge < -0.3 is 10.0 Å². The Morgan fingerprint density at radius 3 is 1.84 bits per heavy atom. The largest absolute Gasteiger partial charge is 0.388 e. The quantitative estimate of drug-likeness (QED) is 0.234. The summed E-state index contributed by atoms with van der Waals surface area (Å²) in [4.78, 5) is 13.8. The highest BCUT2D eigenvalue weighted by molar-refractivity contribution is 5.87. The Balaban J connectivity index is -0.000000272. The lowest BCUT2D eigenvalue weighted by molar-refractivity contribution is -0.140. The van der Waals surface area contributed by atoms with Gasteiger partial charge in [0.1, 0.15) is 0 Å². The van der Waals surface area contributed by atoms with Gasteiger partial charge in [0, 0.05) is 5.70 Å². The molecule has 1 N–H and O–H groups in total. The molecule has 1 heterocycles. The number of aliphatic hydroxyl groups excluding tert-OH is 1. The maximum absolute atomic E-state index is 12.0. The molecule has 1 aliphatic rings. The Hall–Kier alpha value is -2.91. The van der Waals surface area contributed by atoms with E-state index in [0.29, 0.717) is 6.42 Å². The van der Waals surface area contributed by atoms with Gasteiger partial charge in [-0.1, -0.05) is 128 Å². The summed E-state index contributed by atoms with van der Waals surface area (Å²) in [6.45, 7) is 29.1. The summed E-state index contributed by atoms with van der Waals surface area (Å²) >= 11 is 0. The molecule has 3 nitrogen and oxygen atoms in total. The third kappa shape index (κ3) is 18.1.